The maximum atomic E-state index is 11.7. The first-order valence-corrected chi connectivity index (χ1v) is 4.43. The van der Waals surface area contributed by atoms with Gasteiger partial charge in [-0.05, 0) is 0 Å². The van der Waals surface area contributed by atoms with Gasteiger partial charge in [0.2, 0.25) is 0 Å². The summed E-state index contributed by atoms with van der Waals surface area (Å²) in [7, 11) is 0. The van der Waals surface area contributed by atoms with Crippen molar-refractivity contribution in [2.75, 3.05) is 0 Å². The number of Topliss-reactive ketones (excluding diaryl/α,β-unsaturated/α-hetero) is 2. The molecule has 1 fully saturated rings. The first-order chi connectivity index (χ1) is 5.36. The van der Waals surface area contributed by atoms with Crippen LogP contribution < -0.4 is 0 Å². The quantitative estimate of drug-likeness (QED) is 0.553. The first-order valence-electron chi connectivity index (χ1n) is 4.43. The highest BCUT2D eigenvalue weighted by molar-refractivity contribution is 5.99. The number of hydrogen-bond donors (Lipinski definition) is 0. The molecule has 0 saturated heterocycles. The van der Waals surface area contributed by atoms with Gasteiger partial charge >= 0.3 is 0 Å². The van der Waals surface area contributed by atoms with E-state index in [0.717, 1.165) is 0 Å². The van der Waals surface area contributed by atoms with Crippen molar-refractivity contribution < 1.29 is 9.59 Å². The average molecular weight is 168 g/mol. The highest BCUT2D eigenvalue weighted by Gasteiger charge is 2.43. The van der Waals surface area contributed by atoms with E-state index in [4.69, 9.17) is 0 Å². The second-order valence-electron chi connectivity index (χ2n) is 4.47. The van der Waals surface area contributed by atoms with Crippen LogP contribution >= 0.6 is 0 Å². The monoisotopic (exact) mass is 168 g/mol. The number of hydrogen-bond acceptors (Lipinski definition) is 2. The van der Waals surface area contributed by atoms with E-state index < -0.39 is 5.41 Å². The van der Waals surface area contributed by atoms with Gasteiger partial charge in [0.15, 0.2) is 0 Å². The van der Waals surface area contributed by atoms with Gasteiger partial charge in [0.05, 0.1) is 0 Å². The van der Waals surface area contributed by atoms with Crippen molar-refractivity contribution in [3.63, 3.8) is 0 Å². The van der Waals surface area contributed by atoms with E-state index in [1.807, 2.05) is 27.7 Å². The molecule has 1 saturated carbocycles. The standard InChI is InChI=1S/C10H16O2/c1-6-7(2)9(12)10(3,4)5-8(6)11/h6-7H,5H2,1-4H3/t6-,7-/m1/s1. The van der Waals surface area contributed by atoms with Gasteiger partial charge in [-0.2, -0.15) is 0 Å². The van der Waals surface area contributed by atoms with Crippen molar-refractivity contribution in [3.05, 3.63) is 0 Å². The van der Waals surface area contributed by atoms with Crippen LogP contribution in [0.15, 0.2) is 0 Å². The first kappa shape index (κ1) is 9.43. The van der Waals surface area contributed by atoms with Crippen molar-refractivity contribution in [1.29, 1.82) is 0 Å². The Bertz CT molecular complexity index is 228. The van der Waals surface area contributed by atoms with Crippen molar-refractivity contribution in [1.82, 2.24) is 0 Å². The summed E-state index contributed by atoms with van der Waals surface area (Å²) in [5, 5.41) is 0. The molecule has 1 rings (SSSR count). The van der Waals surface area contributed by atoms with Crippen LogP contribution in [-0.4, -0.2) is 11.6 Å². The summed E-state index contributed by atoms with van der Waals surface area (Å²) in [6.45, 7) is 7.41. The van der Waals surface area contributed by atoms with Crippen LogP contribution in [0.4, 0.5) is 0 Å². The third-order valence-electron chi connectivity index (χ3n) is 2.95. The van der Waals surface area contributed by atoms with Gasteiger partial charge in [-0.25, -0.2) is 0 Å². The molecule has 0 aromatic rings. The molecule has 1 aliphatic carbocycles. The Kier molecular flexibility index (Phi) is 2.11. The number of rotatable bonds is 0. The van der Waals surface area contributed by atoms with Crippen LogP contribution in [0.2, 0.25) is 0 Å². The lowest BCUT2D eigenvalue weighted by atomic mass is 9.67. The molecule has 0 unspecified atom stereocenters. The van der Waals surface area contributed by atoms with E-state index in [2.05, 4.69) is 0 Å². The molecule has 2 nitrogen and oxygen atoms in total. The Morgan fingerprint density at radius 3 is 2.17 bits per heavy atom. The lowest BCUT2D eigenvalue weighted by molar-refractivity contribution is -0.145. The van der Waals surface area contributed by atoms with Gasteiger partial charge in [-0.1, -0.05) is 27.7 Å². The van der Waals surface area contributed by atoms with Gasteiger partial charge in [-0.15, -0.1) is 0 Å². The fraction of sp³-hybridized carbons (Fsp3) is 0.800. The Morgan fingerprint density at radius 1 is 1.17 bits per heavy atom. The van der Waals surface area contributed by atoms with Crippen molar-refractivity contribution >= 4 is 11.6 Å². The predicted octanol–water partition coefficient (Wildman–Crippen LogP) is 1.83. The minimum atomic E-state index is -0.428. The second kappa shape index (κ2) is 2.68. The van der Waals surface area contributed by atoms with Crippen LogP contribution in [0.5, 0.6) is 0 Å². The number of ketones is 2. The van der Waals surface area contributed by atoms with Gasteiger partial charge in [0.1, 0.15) is 11.6 Å². The molecular weight excluding hydrogens is 152 g/mol. The molecule has 0 radical (unpaired) electrons. The van der Waals surface area contributed by atoms with E-state index in [0.29, 0.717) is 6.42 Å². The topological polar surface area (TPSA) is 34.1 Å². The number of carbonyl (C=O) groups excluding carboxylic acids is 2. The molecule has 2 atom stereocenters. The van der Waals surface area contributed by atoms with Gasteiger partial charge < -0.3 is 0 Å². The van der Waals surface area contributed by atoms with E-state index in [9.17, 15) is 9.59 Å². The lowest BCUT2D eigenvalue weighted by Crippen LogP contribution is -2.43. The number of carbonyl (C=O) groups is 2. The molecule has 0 N–H and O–H groups in total. The summed E-state index contributed by atoms with van der Waals surface area (Å²) in [5.74, 6) is 0.286. The summed E-state index contributed by atoms with van der Waals surface area (Å²) in [6.07, 6.45) is 0.414. The third kappa shape index (κ3) is 1.30. The molecule has 68 valence electrons. The van der Waals surface area contributed by atoms with Crippen molar-refractivity contribution in [2.24, 2.45) is 17.3 Å². The molecule has 0 heterocycles. The minimum absolute atomic E-state index is 0.0782. The lowest BCUT2D eigenvalue weighted by Gasteiger charge is -2.34. The normalized spacial score (nSPS) is 35.3. The molecule has 0 spiro atoms. The minimum Gasteiger partial charge on any atom is -0.299 e. The summed E-state index contributed by atoms with van der Waals surface area (Å²) in [4.78, 5) is 23.1. The van der Waals surface area contributed by atoms with Crippen LogP contribution in [0.25, 0.3) is 0 Å². The molecule has 1 aliphatic rings. The van der Waals surface area contributed by atoms with Crippen LogP contribution in [0, 0.1) is 17.3 Å². The Labute approximate surface area is 73.3 Å². The van der Waals surface area contributed by atoms with Crippen LogP contribution in [-0.2, 0) is 9.59 Å². The van der Waals surface area contributed by atoms with Gasteiger partial charge in [0, 0.05) is 23.7 Å². The molecule has 0 amide bonds. The molecule has 0 aromatic carbocycles. The highest BCUT2D eigenvalue weighted by Crippen LogP contribution is 2.36. The average Bonchev–Trinajstić information content (AvgIpc) is 1.97. The Morgan fingerprint density at radius 2 is 1.67 bits per heavy atom. The molecular formula is C10H16O2. The molecule has 0 aliphatic heterocycles. The summed E-state index contributed by atoms with van der Waals surface area (Å²) in [6, 6.07) is 0. The summed E-state index contributed by atoms with van der Waals surface area (Å²) in [5.41, 5.74) is -0.428. The predicted molar refractivity (Wildman–Crippen MR) is 46.7 cm³/mol. The third-order valence-corrected chi connectivity index (χ3v) is 2.95. The molecule has 0 aromatic heterocycles. The smallest absolute Gasteiger partial charge is 0.142 e. The fourth-order valence-corrected chi connectivity index (χ4v) is 1.81. The summed E-state index contributed by atoms with van der Waals surface area (Å²) >= 11 is 0. The van der Waals surface area contributed by atoms with E-state index >= 15 is 0 Å². The zero-order chi connectivity index (χ0) is 9.52. The van der Waals surface area contributed by atoms with Crippen LogP contribution in [0.3, 0.4) is 0 Å². The molecule has 2 heteroatoms. The summed E-state index contributed by atoms with van der Waals surface area (Å²) < 4.78 is 0. The van der Waals surface area contributed by atoms with Gasteiger partial charge in [0.25, 0.3) is 0 Å². The van der Waals surface area contributed by atoms with Crippen LogP contribution in [0.1, 0.15) is 34.1 Å². The van der Waals surface area contributed by atoms with Crippen molar-refractivity contribution in [2.45, 2.75) is 34.1 Å². The zero-order valence-corrected chi connectivity index (χ0v) is 8.18. The van der Waals surface area contributed by atoms with E-state index in [1.54, 1.807) is 0 Å². The molecule has 12 heavy (non-hydrogen) atoms. The Hall–Kier alpha value is -0.660. The van der Waals surface area contributed by atoms with E-state index in [1.165, 1.54) is 0 Å². The largest absolute Gasteiger partial charge is 0.299 e. The Balaban J connectivity index is 2.93. The fourth-order valence-electron chi connectivity index (χ4n) is 1.81. The second-order valence-corrected chi connectivity index (χ2v) is 4.47. The van der Waals surface area contributed by atoms with E-state index in [-0.39, 0.29) is 23.4 Å². The maximum absolute atomic E-state index is 11.7. The highest BCUT2D eigenvalue weighted by atomic mass is 16.1. The SMILES string of the molecule is C[C@H]1C(=O)CC(C)(C)C(=O)[C@@H]1C. The maximum Gasteiger partial charge on any atom is 0.142 e. The van der Waals surface area contributed by atoms with Crippen molar-refractivity contribution in [3.8, 4) is 0 Å². The molecule has 0 bridgehead atoms. The zero-order valence-electron chi connectivity index (χ0n) is 8.18. The van der Waals surface area contributed by atoms with Gasteiger partial charge in [-0.3, -0.25) is 9.59 Å².